The third kappa shape index (κ3) is 6.59. The predicted octanol–water partition coefficient (Wildman–Crippen LogP) is 6.05. The molecule has 0 atom stereocenters. The minimum absolute atomic E-state index is 0.0478. The minimum atomic E-state index is -0.254. The van der Waals surface area contributed by atoms with E-state index in [1.165, 1.54) is 17.4 Å². The van der Waals surface area contributed by atoms with Crippen LogP contribution in [0.15, 0.2) is 53.9 Å². The largest absolute Gasteiger partial charge is 0.494 e. The number of nitrogens with zero attached hydrogens (tertiary/aromatic N) is 1. The summed E-state index contributed by atoms with van der Waals surface area (Å²) < 4.78 is 16.7. The van der Waals surface area contributed by atoms with Gasteiger partial charge in [0.1, 0.15) is 5.75 Å². The van der Waals surface area contributed by atoms with E-state index in [2.05, 4.69) is 17.2 Å². The average Bonchev–Trinajstić information content (AvgIpc) is 3.25. The Morgan fingerprint density at radius 3 is 2.62 bits per heavy atom. The van der Waals surface area contributed by atoms with Gasteiger partial charge >= 0.3 is 0 Å². The highest BCUT2D eigenvalue weighted by molar-refractivity contribution is 7.14. The van der Waals surface area contributed by atoms with Gasteiger partial charge in [-0.1, -0.05) is 13.0 Å². The number of nitrogens with one attached hydrogen (secondary N) is 1. The van der Waals surface area contributed by atoms with Gasteiger partial charge in [-0.3, -0.25) is 10.1 Å². The van der Waals surface area contributed by atoms with Crippen molar-refractivity contribution in [2.24, 2.45) is 0 Å². The molecule has 0 aliphatic rings. The van der Waals surface area contributed by atoms with Gasteiger partial charge in [0.25, 0.3) is 0 Å². The standard InChI is InChI=1S/C25H28N2O4S/c1-5-14-30-20-10-8-19(9-11-20)21-16-32-25(26-21)27-24(28)13-7-18-6-12-22(31-17(2)3)23(15-18)29-4/h6-13,15-17H,5,14H2,1-4H3,(H,26,27,28). The zero-order valence-electron chi connectivity index (χ0n) is 18.8. The summed E-state index contributed by atoms with van der Waals surface area (Å²) >= 11 is 1.38. The monoisotopic (exact) mass is 452 g/mol. The maximum atomic E-state index is 12.3. The van der Waals surface area contributed by atoms with Crippen LogP contribution in [-0.4, -0.2) is 30.7 Å². The summed E-state index contributed by atoms with van der Waals surface area (Å²) in [7, 11) is 1.59. The average molecular weight is 453 g/mol. The van der Waals surface area contributed by atoms with Crippen LogP contribution in [0.5, 0.6) is 17.2 Å². The van der Waals surface area contributed by atoms with E-state index < -0.39 is 0 Å². The van der Waals surface area contributed by atoms with Crippen molar-refractivity contribution in [2.45, 2.75) is 33.3 Å². The lowest BCUT2D eigenvalue weighted by molar-refractivity contribution is -0.111. The third-order valence-corrected chi connectivity index (χ3v) is 5.09. The van der Waals surface area contributed by atoms with E-state index in [9.17, 15) is 4.79 Å². The molecule has 0 saturated heterocycles. The fourth-order valence-electron chi connectivity index (χ4n) is 2.86. The van der Waals surface area contributed by atoms with Gasteiger partial charge in [0.15, 0.2) is 16.6 Å². The SMILES string of the molecule is CCCOc1ccc(-c2csc(NC(=O)C=Cc3ccc(OC(C)C)c(OC)c3)n2)cc1. The number of thiazole rings is 1. The van der Waals surface area contributed by atoms with Crippen LogP contribution in [0.1, 0.15) is 32.8 Å². The maximum absolute atomic E-state index is 12.3. The Labute approximate surface area is 192 Å². The van der Waals surface area contributed by atoms with Crippen LogP contribution >= 0.6 is 11.3 Å². The van der Waals surface area contributed by atoms with Crippen molar-refractivity contribution >= 4 is 28.5 Å². The van der Waals surface area contributed by atoms with Crippen LogP contribution in [0.3, 0.4) is 0 Å². The molecule has 2 aromatic carbocycles. The fourth-order valence-corrected chi connectivity index (χ4v) is 3.59. The molecular weight excluding hydrogens is 424 g/mol. The first-order chi connectivity index (χ1) is 15.5. The zero-order chi connectivity index (χ0) is 22.9. The smallest absolute Gasteiger partial charge is 0.250 e. The maximum Gasteiger partial charge on any atom is 0.250 e. The molecule has 0 bridgehead atoms. The second kappa shape index (κ2) is 11.3. The molecule has 168 valence electrons. The first-order valence-electron chi connectivity index (χ1n) is 10.5. The van der Waals surface area contributed by atoms with Crippen molar-refractivity contribution in [3.63, 3.8) is 0 Å². The number of amides is 1. The van der Waals surface area contributed by atoms with E-state index >= 15 is 0 Å². The van der Waals surface area contributed by atoms with E-state index in [-0.39, 0.29) is 12.0 Å². The van der Waals surface area contributed by atoms with Crippen LogP contribution in [0.2, 0.25) is 0 Å². The predicted molar refractivity (Wildman–Crippen MR) is 130 cm³/mol. The lowest BCUT2D eigenvalue weighted by Gasteiger charge is -2.13. The number of methoxy groups -OCH3 is 1. The van der Waals surface area contributed by atoms with E-state index in [4.69, 9.17) is 14.2 Å². The molecule has 3 aromatic rings. The lowest BCUT2D eigenvalue weighted by Crippen LogP contribution is -2.07. The molecule has 1 N–H and O–H groups in total. The topological polar surface area (TPSA) is 69.7 Å². The molecule has 0 fully saturated rings. The van der Waals surface area contributed by atoms with Gasteiger partial charge in [0.2, 0.25) is 5.91 Å². The summed E-state index contributed by atoms with van der Waals surface area (Å²) in [6, 6.07) is 13.3. The van der Waals surface area contributed by atoms with Crippen LogP contribution in [-0.2, 0) is 4.79 Å². The highest BCUT2D eigenvalue weighted by atomic mass is 32.1. The molecule has 0 unspecified atom stereocenters. The summed E-state index contributed by atoms with van der Waals surface area (Å²) in [6.07, 6.45) is 4.21. The van der Waals surface area contributed by atoms with Crippen molar-refractivity contribution < 1.29 is 19.0 Å². The Balaban J connectivity index is 1.61. The van der Waals surface area contributed by atoms with Gasteiger partial charge in [-0.05, 0) is 68.3 Å². The van der Waals surface area contributed by atoms with Crippen LogP contribution in [0.4, 0.5) is 5.13 Å². The summed E-state index contributed by atoms with van der Waals surface area (Å²) in [6.45, 7) is 6.68. The van der Waals surface area contributed by atoms with E-state index in [0.29, 0.717) is 23.2 Å². The Morgan fingerprint density at radius 1 is 1.16 bits per heavy atom. The van der Waals surface area contributed by atoms with E-state index in [0.717, 1.165) is 29.0 Å². The molecule has 0 aliphatic carbocycles. The summed E-state index contributed by atoms with van der Waals surface area (Å²) in [5.41, 5.74) is 2.61. The summed E-state index contributed by atoms with van der Waals surface area (Å²) in [4.78, 5) is 16.8. The van der Waals surface area contributed by atoms with Gasteiger partial charge in [-0.2, -0.15) is 0 Å². The molecule has 0 spiro atoms. The summed E-state index contributed by atoms with van der Waals surface area (Å²) in [5.74, 6) is 1.88. The highest BCUT2D eigenvalue weighted by Crippen LogP contribution is 2.30. The number of carbonyl (C=O) groups is 1. The second-order valence-electron chi connectivity index (χ2n) is 7.31. The van der Waals surface area contributed by atoms with Crippen LogP contribution < -0.4 is 19.5 Å². The quantitative estimate of drug-likeness (QED) is 0.379. The number of anilines is 1. The Hall–Kier alpha value is -3.32. The second-order valence-corrected chi connectivity index (χ2v) is 8.17. The van der Waals surface area contributed by atoms with Crippen molar-refractivity contribution in [1.82, 2.24) is 4.98 Å². The van der Waals surface area contributed by atoms with Crippen molar-refractivity contribution in [3.05, 3.63) is 59.5 Å². The Bertz CT molecular complexity index is 1060. The highest BCUT2D eigenvalue weighted by Gasteiger charge is 2.09. The van der Waals surface area contributed by atoms with E-state index in [1.807, 2.05) is 61.7 Å². The number of carbonyl (C=O) groups excluding carboxylic acids is 1. The van der Waals surface area contributed by atoms with Crippen LogP contribution in [0, 0.1) is 0 Å². The first-order valence-corrected chi connectivity index (χ1v) is 11.4. The molecule has 0 radical (unpaired) electrons. The number of aromatic nitrogens is 1. The molecular formula is C25H28N2O4S. The number of benzene rings is 2. The number of hydrogen-bond donors (Lipinski definition) is 1. The van der Waals surface area contributed by atoms with Crippen LogP contribution in [0.25, 0.3) is 17.3 Å². The molecule has 7 heteroatoms. The summed E-state index contributed by atoms with van der Waals surface area (Å²) in [5, 5.41) is 5.27. The zero-order valence-corrected chi connectivity index (χ0v) is 19.6. The van der Waals surface area contributed by atoms with Gasteiger partial charge in [-0.15, -0.1) is 11.3 Å². The van der Waals surface area contributed by atoms with Crippen molar-refractivity contribution in [2.75, 3.05) is 19.0 Å². The first kappa shape index (κ1) is 23.3. The number of rotatable bonds is 10. The normalized spacial score (nSPS) is 11.0. The molecule has 1 heterocycles. The van der Waals surface area contributed by atoms with Crippen molar-refractivity contribution in [3.8, 4) is 28.5 Å². The molecule has 1 aromatic heterocycles. The molecule has 0 aliphatic heterocycles. The van der Waals surface area contributed by atoms with Gasteiger partial charge in [-0.25, -0.2) is 4.98 Å². The number of ether oxygens (including phenoxy) is 3. The minimum Gasteiger partial charge on any atom is -0.494 e. The molecule has 1 amide bonds. The lowest BCUT2D eigenvalue weighted by atomic mass is 10.2. The fraction of sp³-hybridized carbons (Fsp3) is 0.280. The molecule has 6 nitrogen and oxygen atoms in total. The van der Waals surface area contributed by atoms with Gasteiger partial charge < -0.3 is 14.2 Å². The Kier molecular flexibility index (Phi) is 8.27. The number of hydrogen-bond acceptors (Lipinski definition) is 6. The third-order valence-electron chi connectivity index (χ3n) is 4.33. The van der Waals surface area contributed by atoms with Crippen molar-refractivity contribution in [1.29, 1.82) is 0 Å². The Morgan fingerprint density at radius 2 is 1.94 bits per heavy atom. The molecule has 0 saturated carbocycles. The van der Waals surface area contributed by atoms with Gasteiger partial charge in [0, 0.05) is 17.0 Å². The molecule has 3 rings (SSSR count). The van der Waals surface area contributed by atoms with Gasteiger partial charge in [0.05, 0.1) is 25.5 Å². The van der Waals surface area contributed by atoms with E-state index in [1.54, 1.807) is 13.2 Å². The molecule has 32 heavy (non-hydrogen) atoms.